The maximum atomic E-state index is 12.8. The molecule has 0 spiro atoms. The number of nitrogens with one attached hydrogen (secondary N) is 1. The minimum atomic E-state index is -3.73. The topological polar surface area (TPSA) is 69.7 Å². The smallest absolute Gasteiger partial charge is 0.261 e. The zero-order valence-electron chi connectivity index (χ0n) is 16.1. The van der Waals surface area contributed by atoms with Crippen molar-refractivity contribution in [2.45, 2.75) is 32.1 Å². The number of anilines is 3. The van der Waals surface area contributed by atoms with Crippen molar-refractivity contribution >= 4 is 33.0 Å². The van der Waals surface area contributed by atoms with E-state index in [-0.39, 0.29) is 17.2 Å². The Kier molecular flexibility index (Phi) is 5.15. The molecule has 0 bridgehead atoms. The normalized spacial score (nSPS) is 13.6. The van der Waals surface area contributed by atoms with Crippen LogP contribution in [0.2, 0.25) is 0 Å². The molecule has 2 aromatic carbocycles. The van der Waals surface area contributed by atoms with Gasteiger partial charge in [-0.15, -0.1) is 0 Å². The molecule has 1 aliphatic heterocycles. The molecule has 1 amide bonds. The van der Waals surface area contributed by atoms with Crippen molar-refractivity contribution in [3.63, 3.8) is 0 Å². The molecule has 0 atom stereocenters. The van der Waals surface area contributed by atoms with Gasteiger partial charge in [-0.3, -0.25) is 9.52 Å². The average Bonchev–Trinajstić information content (AvgIpc) is 2.92. The third-order valence-corrected chi connectivity index (χ3v) is 6.38. The number of likely N-dealkylation sites (N-methyl/N-ethyl adjacent to an activating group) is 1. The van der Waals surface area contributed by atoms with Gasteiger partial charge in [-0.2, -0.15) is 0 Å². The van der Waals surface area contributed by atoms with Crippen LogP contribution >= 0.6 is 0 Å². The molecule has 1 N–H and O–H groups in total. The summed E-state index contributed by atoms with van der Waals surface area (Å²) in [5.41, 5.74) is 3.98. The van der Waals surface area contributed by atoms with Crippen LogP contribution in [0.1, 0.15) is 25.0 Å². The fraction of sp³-hybridized carbons (Fsp3) is 0.350. The zero-order chi connectivity index (χ0) is 19.8. The third kappa shape index (κ3) is 3.64. The number of amides is 1. The monoisotopic (exact) mass is 387 g/mol. The second-order valence-electron chi connectivity index (χ2n) is 6.70. The number of aryl methyl sites for hydroxylation is 1. The number of hydrogen-bond donors (Lipinski definition) is 1. The molecule has 0 saturated heterocycles. The number of nitrogens with zero attached hydrogens (tertiary/aromatic N) is 2. The van der Waals surface area contributed by atoms with Crippen LogP contribution in [0.5, 0.6) is 0 Å². The molecule has 1 aliphatic rings. The maximum Gasteiger partial charge on any atom is 0.261 e. The van der Waals surface area contributed by atoms with Gasteiger partial charge in [-0.1, -0.05) is 0 Å². The van der Waals surface area contributed by atoms with Gasteiger partial charge >= 0.3 is 0 Å². The molecule has 144 valence electrons. The molecule has 27 heavy (non-hydrogen) atoms. The molecule has 2 aromatic rings. The van der Waals surface area contributed by atoms with E-state index in [0.29, 0.717) is 5.69 Å². The van der Waals surface area contributed by atoms with Crippen molar-refractivity contribution < 1.29 is 13.2 Å². The molecule has 1 heterocycles. The number of benzene rings is 2. The Balaban J connectivity index is 1.87. The van der Waals surface area contributed by atoms with Gasteiger partial charge < -0.3 is 9.80 Å². The van der Waals surface area contributed by atoms with E-state index in [1.807, 2.05) is 19.1 Å². The molecule has 0 fully saturated rings. The van der Waals surface area contributed by atoms with Crippen molar-refractivity contribution in [1.29, 1.82) is 0 Å². The molecule has 6 nitrogen and oxygen atoms in total. The summed E-state index contributed by atoms with van der Waals surface area (Å²) in [4.78, 5) is 15.7. The van der Waals surface area contributed by atoms with E-state index in [2.05, 4.69) is 23.5 Å². The van der Waals surface area contributed by atoms with E-state index in [9.17, 15) is 13.2 Å². The summed E-state index contributed by atoms with van der Waals surface area (Å²) in [6, 6.07) is 10.5. The zero-order valence-corrected chi connectivity index (χ0v) is 16.9. The van der Waals surface area contributed by atoms with Crippen molar-refractivity contribution in [1.82, 2.24) is 0 Å². The minimum Gasteiger partial charge on any atom is -0.372 e. The number of fused-ring (bicyclic) bond motifs is 1. The maximum absolute atomic E-state index is 12.8. The largest absolute Gasteiger partial charge is 0.372 e. The van der Waals surface area contributed by atoms with Crippen LogP contribution in [-0.4, -0.2) is 34.5 Å². The quantitative estimate of drug-likeness (QED) is 0.827. The molecule has 0 aromatic heterocycles. The summed E-state index contributed by atoms with van der Waals surface area (Å²) in [7, 11) is -2.03. The number of hydrogen-bond acceptors (Lipinski definition) is 4. The Bertz CT molecular complexity index is 982. The first-order valence-corrected chi connectivity index (χ1v) is 10.5. The van der Waals surface area contributed by atoms with E-state index >= 15 is 0 Å². The van der Waals surface area contributed by atoms with Crippen LogP contribution in [0.15, 0.2) is 41.3 Å². The van der Waals surface area contributed by atoms with Gasteiger partial charge in [-0.25, -0.2) is 8.42 Å². The van der Waals surface area contributed by atoms with E-state index in [1.165, 1.54) is 6.07 Å². The van der Waals surface area contributed by atoms with Gasteiger partial charge in [0.15, 0.2) is 0 Å². The second kappa shape index (κ2) is 7.23. The highest BCUT2D eigenvalue weighted by atomic mass is 32.2. The van der Waals surface area contributed by atoms with Crippen LogP contribution in [0.25, 0.3) is 0 Å². The molecule has 0 saturated carbocycles. The Labute approximate surface area is 160 Å². The number of sulfonamides is 1. The number of carbonyl (C=O) groups is 1. The van der Waals surface area contributed by atoms with E-state index in [4.69, 9.17) is 0 Å². The Morgan fingerprint density at radius 2 is 1.81 bits per heavy atom. The van der Waals surface area contributed by atoms with Crippen molar-refractivity contribution in [2.24, 2.45) is 0 Å². The average molecular weight is 388 g/mol. The fourth-order valence-electron chi connectivity index (χ4n) is 3.37. The summed E-state index contributed by atoms with van der Waals surface area (Å²) in [5, 5.41) is 0. The van der Waals surface area contributed by atoms with Crippen molar-refractivity contribution in [3.8, 4) is 0 Å². The molecule has 0 radical (unpaired) electrons. The Hall–Kier alpha value is -2.54. The first-order valence-electron chi connectivity index (χ1n) is 9.04. The standard InChI is InChI=1S/C20H25N3O3S/c1-5-23(6-2)16-7-9-18(14(3)11-16)21-27(25,26)17-8-10-19-15(12-17)13-20(24)22(19)4/h7-12,21H,5-6,13H2,1-4H3. The summed E-state index contributed by atoms with van der Waals surface area (Å²) < 4.78 is 28.3. The van der Waals surface area contributed by atoms with Crippen LogP contribution in [0, 0.1) is 6.92 Å². The lowest BCUT2D eigenvalue weighted by molar-refractivity contribution is -0.117. The minimum absolute atomic E-state index is 0.0321. The summed E-state index contributed by atoms with van der Waals surface area (Å²) in [5.74, 6) is -0.0321. The van der Waals surface area contributed by atoms with Gasteiger partial charge in [0.2, 0.25) is 5.91 Å². The van der Waals surface area contributed by atoms with E-state index in [0.717, 1.165) is 35.6 Å². The fourth-order valence-corrected chi connectivity index (χ4v) is 4.55. The Morgan fingerprint density at radius 1 is 1.11 bits per heavy atom. The summed E-state index contributed by atoms with van der Waals surface area (Å²) in [6.45, 7) is 7.85. The molecule has 0 aliphatic carbocycles. The SMILES string of the molecule is CCN(CC)c1ccc(NS(=O)(=O)c2ccc3c(c2)CC(=O)N3C)c(C)c1. The van der Waals surface area contributed by atoms with Crippen LogP contribution in [0.4, 0.5) is 17.1 Å². The third-order valence-electron chi connectivity index (χ3n) is 5.02. The highest BCUT2D eigenvalue weighted by Gasteiger charge is 2.26. The van der Waals surface area contributed by atoms with Crippen LogP contribution < -0.4 is 14.5 Å². The van der Waals surface area contributed by atoms with Gasteiger partial charge in [0.25, 0.3) is 10.0 Å². The highest BCUT2D eigenvalue weighted by molar-refractivity contribution is 7.92. The lowest BCUT2D eigenvalue weighted by atomic mass is 10.1. The van der Waals surface area contributed by atoms with Gasteiger partial charge in [0, 0.05) is 31.5 Å². The molecule has 0 unspecified atom stereocenters. The summed E-state index contributed by atoms with van der Waals surface area (Å²) >= 11 is 0. The molecular formula is C20H25N3O3S. The van der Waals surface area contributed by atoms with E-state index < -0.39 is 10.0 Å². The molecule has 3 rings (SSSR count). The van der Waals surface area contributed by atoms with Crippen LogP contribution in [0.3, 0.4) is 0 Å². The second-order valence-corrected chi connectivity index (χ2v) is 8.38. The van der Waals surface area contributed by atoms with Crippen molar-refractivity contribution in [2.75, 3.05) is 34.7 Å². The van der Waals surface area contributed by atoms with Crippen molar-refractivity contribution in [3.05, 3.63) is 47.5 Å². The summed E-state index contributed by atoms with van der Waals surface area (Å²) in [6.07, 6.45) is 0.229. The number of rotatable bonds is 6. The highest BCUT2D eigenvalue weighted by Crippen LogP contribution is 2.31. The van der Waals surface area contributed by atoms with Gasteiger partial charge in [0.1, 0.15) is 0 Å². The predicted molar refractivity (Wildman–Crippen MR) is 109 cm³/mol. The van der Waals surface area contributed by atoms with E-state index in [1.54, 1.807) is 30.1 Å². The van der Waals surface area contributed by atoms with Gasteiger partial charge in [0.05, 0.1) is 17.0 Å². The predicted octanol–water partition coefficient (Wildman–Crippen LogP) is 3.16. The lowest BCUT2D eigenvalue weighted by Gasteiger charge is -2.22. The van der Waals surface area contributed by atoms with Crippen LogP contribution in [-0.2, 0) is 21.2 Å². The first-order chi connectivity index (χ1) is 12.8. The lowest BCUT2D eigenvalue weighted by Crippen LogP contribution is -2.22. The number of carbonyl (C=O) groups excluding carboxylic acids is 1. The van der Waals surface area contributed by atoms with Gasteiger partial charge in [-0.05, 0) is 68.3 Å². The Morgan fingerprint density at radius 3 is 2.44 bits per heavy atom. The molecule has 7 heteroatoms. The first kappa shape index (κ1) is 19.2. The molecular weight excluding hydrogens is 362 g/mol.